The molecule has 0 radical (unpaired) electrons. The predicted molar refractivity (Wildman–Crippen MR) is 91.4 cm³/mol. The van der Waals surface area contributed by atoms with Gasteiger partial charge in [0.15, 0.2) is 5.76 Å². The second-order valence-corrected chi connectivity index (χ2v) is 8.26. The molecule has 0 aliphatic carbocycles. The van der Waals surface area contributed by atoms with E-state index in [0.717, 1.165) is 16.3 Å². The molecule has 3 aromatic rings. The average Bonchev–Trinajstić information content (AvgIpc) is 3.13. The average molecular weight is 363 g/mol. The third-order valence-electron chi connectivity index (χ3n) is 3.47. The van der Waals surface area contributed by atoms with Crippen molar-refractivity contribution in [3.05, 3.63) is 63.4 Å². The monoisotopic (exact) mass is 363 g/mol. The van der Waals surface area contributed by atoms with Crippen molar-refractivity contribution in [2.24, 2.45) is 0 Å². The summed E-state index contributed by atoms with van der Waals surface area (Å²) in [4.78, 5) is 5.49. The Morgan fingerprint density at radius 3 is 2.62 bits per heavy atom. The van der Waals surface area contributed by atoms with E-state index < -0.39 is 10.0 Å². The number of thiazole rings is 1. The predicted octanol–water partition coefficient (Wildman–Crippen LogP) is 2.82. The third-order valence-corrected chi connectivity index (χ3v) is 6.11. The van der Waals surface area contributed by atoms with Crippen LogP contribution in [-0.2, 0) is 23.0 Å². The molecule has 0 aliphatic rings. The van der Waals surface area contributed by atoms with E-state index >= 15 is 0 Å². The lowest BCUT2D eigenvalue weighted by atomic mass is 10.1. The quantitative estimate of drug-likeness (QED) is 0.728. The maximum atomic E-state index is 12.4. The zero-order valence-electron chi connectivity index (χ0n) is 13.3. The van der Waals surface area contributed by atoms with Gasteiger partial charge in [-0.1, -0.05) is 35.5 Å². The molecule has 0 aliphatic heterocycles. The molecule has 1 aromatic carbocycles. The highest BCUT2D eigenvalue weighted by Crippen LogP contribution is 2.20. The minimum absolute atomic E-state index is 0.101. The first-order chi connectivity index (χ1) is 11.5. The standard InChI is InChI=1S/C16H17N3O3S2/c1-11-16(12(2)22-19-11)24(20,21)18-10-15-17-9-14(23-15)8-13-6-4-3-5-7-13/h3-7,9,18H,8,10H2,1-2H3. The lowest BCUT2D eigenvalue weighted by molar-refractivity contribution is 0.390. The highest BCUT2D eigenvalue weighted by Gasteiger charge is 2.24. The number of nitrogens with one attached hydrogen (secondary N) is 1. The highest BCUT2D eigenvalue weighted by atomic mass is 32.2. The molecule has 6 nitrogen and oxygen atoms in total. The van der Waals surface area contributed by atoms with Gasteiger partial charge in [-0.15, -0.1) is 11.3 Å². The van der Waals surface area contributed by atoms with Crippen LogP contribution in [0.15, 0.2) is 45.9 Å². The molecule has 126 valence electrons. The zero-order chi connectivity index (χ0) is 17.2. The van der Waals surface area contributed by atoms with Crippen LogP contribution in [0.25, 0.3) is 0 Å². The molecule has 0 spiro atoms. The van der Waals surface area contributed by atoms with Crippen LogP contribution in [0.2, 0.25) is 0 Å². The molecule has 0 saturated heterocycles. The Bertz CT molecular complexity index is 911. The maximum Gasteiger partial charge on any atom is 0.246 e. The molecular weight excluding hydrogens is 346 g/mol. The minimum atomic E-state index is -3.67. The molecular formula is C16H17N3O3S2. The van der Waals surface area contributed by atoms with E-state index in [2.05, 4.69) is 27.0 Å². The Labute approximate surface area is 144 Å². The summed E-state index contributed by atoms with van der Waals surface area (Å²) in [5.41, 5.74) is 1.55. The summed E-state index contributed by atoms with van der Waals surface area (Å²) in [5, 5.41) is 4.40. The van der Waals surface area contributed by atoms with Crippen LogP contribution in [0.3, 0.4) is 0 Å². The fourth-order valence-electron chi connectivity index (χ4n) is 2.40. The number of aryl methyl sites for hydroxylation is 2. The second-order valence-electron chi connectivity index (χ2n) is 5.36. The van der Waals surface area contributed by atoms with Crippen molar-refractivity contribution in [1.82, 2.24) is 14.9 Å². The van der Waals surface area contributed by atoms with Crippen LogP contribution < -0.4 is 4.72 Å². The number of benzene rings is 1. The van der Waals surface area contributed by atoms with Crippen LogP contribution in [0, 0.1) is 13.8 Å². The number of nitrogens with zero attached hydrogens (tertiary/aromatic N) is 2. The largest absolute Gasteiger partial charge is 0.360 e. The zero-order valence-corrected chi connectivity index (χ0v) is 14.9. The Morgan fingerprint density at radius 2 is 1.96 bits per heavy atom. The molecule has 3 rings (SSSR count). The Balaban J connectivity index is 1.67. The number of hydrogen-bond acceptors (Lipinski definition) is 6. The van der Waals surface area contributed by atoms with Gasteiger partial charge < -0.3 is 4.52 Å². The van der Waals surface area contributed by atoms with Gasteiger partial charge >= 0.3 is 0 Å². The first-order valence-electron chi connectivity index (χ1n) is 7.36. The van der Waals surface area contributed by atoms with Crippen LogP contribution in [0.5, 0.6) is 0 Å². The van der Waals surface area contributed by atoms with Gasteiger partial charge in [0.2, 0.25) is 10.0 Å². The lowest BCUT2D eigenvalue weighted by Crippen LogP contribution is -2.24. The van der Waals surface area contributed by atoms with E-state index in [0.29, 0.717) is 5.69 Å². The van der Waals surface area contributed by atoms with Crippen LogP contribution in [0.4, 0.5) is 0 Å². The van der Waals surface area contributed by atoms with Gasteiger partial charge in [-0.05, 0) is 19.4 Å². The van der Waals surface area contributed by atoms with Crippen molar-refractivity contribution < 1.29 is 12.9 Å². The summed E-state index contributed by atoms with van der Waals surface area (Å²) in [7, 11) is -3.67. The van der Waals surface area contributed by atoms with E-state index in [4.69, 9.17) is 4.52 Å². The Hall–Kier alpha value is -2.03. The Kier molecular flexibility index (Phi) is 4.79. The summed E-state index contributed by atoms with van der Waals surface area (Å²) in [6.45, 7) is 3.33. The minimum Gasteiger partial charge on any atom is -0.360 e. The van der Waals surface area contributed by atoms with Crippen molar-refractivity contribution in [2.45, 2.75) is 31.7 Å². The second kappa shape index (κ2) is 6.84. The Morgan fingerprint density at radius 1 is 1.21 bits per heavy atom. The number of sulfonamides is 1. The van der Waals surface area contributed by atoms with Crippen molar-refractivity contribution in [3.63, 3.8) is 0 Å². The number of rotatable bonds is 6. The molecule has 0 bridgehead atoms. The number of aromatic nitrogens is 2. The summed E-state index contributed by atoms with van der Waals surface area (Å²) in [5.74, 6) is 0.281. The molecule has 1 N–H and O–H groups in total. The molecule has 2 heterocycles. The van der Waals surface area contributed by atoms with Crippen LogP contribution >= 0.6 is 11.3 Å². The summed E-state index contributed by atoms with van der Waals surface area (Å²) < 4.78 is 32.2. The first kappa shape index (κ1) is 16.8. The van der Waals surface area contributed by atoms with Crippen LogP contribution in [-0.4, -0.2) is 18.6 Å². The summed E-state index contributed by atoms with van der Waals surface area (Å²) >= 11 is 1.50. The van der Waals surface area contributed by atoms with E-state index in [1.54, 1.807) is 20.0 Å². The van der Waals surface area contributed by atoms with Gasteiger partial charge in [0, 0.05) is 17.5 Å². The molecule has 2 aromatic heterocycles. The van der Waals surface area contributed by atoms with Crippen molar-refractivity contribution >= 4 is 21.4 Å². The molecule has 0 atom stereocenters. The highest BCUT2D eigenvalue weighted by molar-refractivity contribution is 7.89. The van der Waals surface area contributed by atoms with E-state index in [1.807, 2.05) is 18.2 Å². The summed E-state index contributed by atoms with van der Waals surface area (Å²) in [6, 6.07) is 10.1. The summed E-state index contributed by atoms with van der Waals surface area (Å²) in [6.07, 6.45) is 2.58. The molecule has 8 heteroatoms. The third kappa shape index (κ3) is 3.72. The van der Waals surface area contributed by atoms with Crippen molar-refractivity contribution in [1.29, 1.82) is 0 Å². The molecule has 24 heavy (non-hydrogen) atoms. The normalized spacial score (nSPS) is 11.8. The van der Waals surface area contributed by atoms with Gasteiger partial charge in [0.1, 0.15) is 15.6 Å². The molecule has 0 fully saturated rings. The van der Waals surface area contributed by atoms with Crippen molar-refractivity contribution in [2.75, 3.05) is 0 Å². The number of hydrogen-bond donors (Lipinski definition) is 1. The van der Waals surface area contributed by atoms with E-state index in [1.165, 1.54) is 16.9 Å². The fourth-order valence-corrected chi connectivity index (χ4v) is 4.70. The molecule has 0 unspecified atom stereocenters. The first-order valence-corrected chi connectivity index (χ1v) is 9.66. The fraction of sp³-hybridized carbons (Fsp3) is 0.250. The van der Waals surface area contributed by atoms with Gasteiger partial charge in [-0.3, -0.25) is 0 Å². The van der Waals surface area contributed by atoms with Crippen LogP contribution in [0.1, 0.15) is 26.9 Å². The van der Waals surface area contributed by atoms with Gasteiger partial charge in [-0.2, -0.15) is 0 Å². The van der Waals surface area contributed by atoms with Gasteiger partial charge in [0.25, 0.3) is 0 Å². The van der Waals surface area contributed by atoms with E-state index in [9.17, 15) is 8.42 Å². The van der Waals surface area contributed by atoms with Crippen molar-refractivity contribution in [3.8, 4) is 0 Å². The lowest BCUT2D eigenvalue weighted by Gasteiger charge is -2.04. The molecule has 0 amide bonds. The van der Waals surface area contributed by atoms with Gasteiger partial charge in [-0.25, -0.2) is 18.1 Å². The topological polar surface area (TPSA) is 85.1 Å². The maximum absolute atomic E-state index is 12.4. The SMILES string of the molecule is Cc1noc(C)c1S(=O)(=O)NCc1ncc(Cc2ccccc2)s1. The smallest absolute Gasteiger partial charge is 0.246 e. The molecule has 0 saturated carbocycles. The van der Waals surface area contributed by atoms with Gasteiger partial charge in [0.05, 0.1) is 6.54 Å². The van der Waals surface area contributed by atoms with E-state index in [-0.39, 0.29) is 17.2 Å².